The largest absolute Gasteiger partial charge is 0.490 e. The van der Waals surface area contributed by atoms with Gasteiger partial charge in [-0.25, -0.2) is 18.1 Å². The molecule has 1 aliphatic carbocycles. The molecule has 0 aliphatic heterocycles. The normalized spacial score (nSPS) is 15.1. The Bertz CT molecular complexity index is 1400. The average molecular weight is 510 g/mol. The summed E-state index contributed by atoms with van der Waals surface area (Å²) in [4.78, 5) is 16.8. The summed E-state index contributed by atoms with van der Waals surface area (Å²) < 4.78 is 33.4. The number of carbonyl (C=O) groups excluding carboxylic acids is 1. The summed E-state index contributed by atoms with van der Waals surface area (Å²) >= 11 is 1.53. The van der Waals surface area contributed by atoms with E-state index in [-0.39, 0.29) is 30.1 Å². The highest BCUT2D eigenvalue weighted by Crippen LogP contribution is 2.41. The molecular formula is C26H27N3O4S2. The Morgan fingerprint density at radius 1 is 1.31 bits per heavy atom. The number of nitrogens with zero attached hydrogens (tertiary/aromatic N) is 2. The van der Waals surface area contributed by atoms with E-state index in [0.29, 0.717) is 17.7 Å². The molecule has 2 aromatic carbocycles. The Hall–Kier alpha value is -3.06. The molecule has 35 heavy (non-hydrogen) atoms. The lowest BCUT2D eigenvalue weighted by Crippen LogP contribution is -2.30. The SMILES string of the molecule is CC(=O)CCS(=O)(=O)N[C@@H]1CCc2c(-c3cnc(-c4ccc(OC(C)C)c(C#N)c4)s3)cccc21. The first kappa shape index (κ1) is 25.0. The molecule has 1 aliphatic rings. The Morgan fingerprint density at radius 2 is 2.11 bits per heavy atom. The van der Waals surface area contributed by atoms with Crippen molar-refractivity contribution in [1.29, 1.82) is 5.26 Å². The van der Waals surface area contributed by atoms with Crippen LogP contribution in [0.15, 0.2) is 42.6 Å². The van der Waals surface area contributed by atoms with Crippen LogP contribution in [0, 0.1) is 11.3 Å². The van der Waals surface area contributed by atoms with E-state index in [9.17, 15) is 18.5 Å². The minimum Gasteiger partial charge on any atom is -0.490 e. The van der Waals surface area contributed by atoms with Crippen LogP contribution >= 0.6 is 11.3 Å². The van der Waals surface area contributed by atoms with Crippen molar-refractivity contribution in [2.75, 3.05) is 5.75 Å². The fourth-order valence-corrected chi connectivity index (χ4v) is 6.52. The third kappa shape index (κ3) is 5.78. The second kappa shape index (κ2) is 10.3. The number of hydrogen-bond acceptors (Lipinski definition) is 7. The van der Waals surface area contributed by atoms with Crippen molar-refractivity contribution in [3.8, 4) is 32.8 Å². The van der Waals surface area contributed by atoms with Crippen LogP contribution in [-0.4, -0.2) is 31.0 Å². The molecule has 9 heteroatoms. The van der Waals surface area contributed by atoms with Gasteiger partial charge >= 0.3 is 0 Å². The summed E-state index contributed by atoms with van der Waals surface area (Å²) in [5.74, 6) is 0.216. The summed E-state index contributed by atoms with van der Waals surface area (Å²) in [6.45, 7) is 5.23. The summed E-state index contributed by atoms with van der Waals surface area (Å²) in [5.41, 5.74) is 4.43. The molecule has 182 valence electrons. The van der Waals surface area contributed by atoms with Crippen molar-refractivity contribution in [3.63, 3.8) is 0 Å². The van der Waals surface area contributed by atoms with Gasteiger partial charge in [-0.3, -0.25) is 4.79 Å². The number of hydrogen-bond donors (Lipinski definition) is 1. The molecule has 0 bridgehead atoms. The standard InChI is InChI=1S/C26H27N3O4S2/c1-16(2)33-24-10-7-18(13-19(24)14-27)26-28-15-25(34-26)22-6-4-5-21-20(22)8-9-23(21)29-35(31,32)12-11-17(3)30/h4-7,10,13,15-16,23,29H,8-9,11-12H2,1-3H3/t23-/m1/s1. The van der Waals surface area contributed by atoms with E-state index in [1.54, 1.807) is 12.1 Å². The monoisotopic (exact) mass is 509 g/mol. The van der Waals surface area contributed by atoms with Crippen LogP contribution < -0.4 is 9.46 Å². The molecule has 0 saturated heterocycles. The number of fused-ring (bicyclic) bond motifs is 1. The van der Waals surface area contributed by atoms with Gasteiger partial charge in [0.2, 0.25) is 10.0 Å². The number of thiazole rings is 1. The van der Waals surface area contributed by atoms with Gasteiger partial charge in [0.1, 0.15) is 22.6 Å². The predicted molar refractivity (Wildman–Crippen MR) is 137 cm³/mol. The molecule has 0 fully saturated rings. The molecule has 0 spiro atoms. The molecule has 4 rings (SSSR count). The zero-order chi connectivity index (χ0) is 25.2. The van der Waals surface area contributed by atoms with Crippen molar-refractivity contribution in [1.82, 2.24) is 9.71 Å². The number of rotatable bonds is 9. The third-order valence-electron chi connectivity index (χ3n) is 5.80. The zero-order valence-electron chi connectivity index (χ0n) is 19.9. The number of Topliss-reactive ketones (excluding diaryl/α,β-unsaturated/α-hetero) is 1. The van der Waals surface area contributed by atoms with Crippen LogP contribution in [-0.2, 0) is 21.2 Å². The maximum Gasteiger partial charge on any atom is 0.212 e. The van der Waals surface area contributed by atoms with Gasteiger partial charge in [0.05, 0.1) is 22.3 Å². The second-order valence-electron chi connectivity index (χ2n) is 8.87. The van der Waals surface area contributed by atoms with Gasteiger partial charge in [0.25, 0.3) is 0 Å². The summed E-state index contributed by atoms with van der Waals surface area (Å²) in [6, 6.07) is 13.3. The van der Waals surface area contributed by atoms with Gasteiger partial charge in [0, 0.05) is 24.2 Å². The van der Waals surface area contributed by atoms with Crippen LogP contribution in [0.5, 0.6) is 5.75 Å². The van der Waals surface area contributed by atoms with Crippen LogP contribution in [0.25, 0.3) is 21.0 Å². The molecule has 1 heterocycles. The summed E-state index contributed by atoms with van der Waals surface area (Å²) in [7, 11) is -3.55. The van der Waals surface area contributed by atoms with E-state index in [4.69, 9.17) is 4.74 Å². The number of nitrogens with one attached hydrogen (secondary N) is 1. The van der Waals surface area contributed by atoms with E-state index >= 15 is 0 Å². The smallest absolute Gasteiger partial charge is 0.212 e. The average Bonchev–Trinajstić information content (AvgIpc) is 3.45. The maximum atomic E-state index is 12.4. The molecule has 7 nitrogen and oxygen atoms in total. The minimum atomic E-state index is -3.55. The van der Waals surface area contributed by atoms with Crippen molar-refractivity contribution < 1.29 is 17.9 Å². The molecular weight excluding hydrogens is 482 g/mol. The summed E-state index contributed by atoms with van der Waals surface area (Å²) in [5, 5.41) is 10.3. The predicted octanol–water partition coefficient (Wildman–Crippen LogP) is 5.02. The molecule has 0 radical (unpaired) electrons. The lowest BCUT2D eigenvalue weighted by Gasteiger charge is -2.15. The molecule has 1 aromatic heterocycles. The van der Waals surface area contributed by atoms with E-state index in [1.807, 2.05) is 44.3 Å². The second-order valence-corrected chi connectivity index (χ2v) is 11.8. The molecule has 3 aromatic rings. The number of ether oxygens (including phenoxy) is 1. The Labute approximate surface area is 209 Å². The number of sulfonamides is 1. The topological polar surface area (TPSA) is 109 Å². The first-order chi connectivity index (χ1) is 16.7. The molecule has 0 amide bonds. The van der Waals surface area contributed by atoms with Gasteiger partial charge < -0.3 is 4.74 Å². The quantitative estimate of drug-likeness (QED) is 0.434. The highest BCUT2D eigenvalue weighted by molar-refractivity contribution is 7.89. The number of nitriles is 1. The van der Waals surface area contributed by atoms with Gasteiger partial charge in [-0.15, -0.1) is 11.3 Å². The van der Waals surface area contributed by atoms with Crippen molar-refractivity contribution in [2.24, 2.45) is 0 Å². The highest BCUT2D eigenvalue weighted by Gasteiger charge is 2.29. The van der Waals surface area contributed by atoms with E-state index in [1.165, 1.54) is 18.3 Å². The van der Waals surface area contributed by atoms with Crippen molar-refractivity contribution >= 4 is 27.1 Å². The van der Waals surface area contributed by atoms with E-state index in [2.05, 4.69) is 15.8 Å². The number of benzene rings is 2. The minimum absolute atomic E-state index is 0.0106. The Kier molecular flexibility index (Phi) is 7.36. The van der Waals surface area contributed by atoms with Crippen molar-refractivity contribution in [2.45, 2.75) is 52.2 Å². The van der Waals surface area contributed by atoms with Gasteiger partial charge in [-0.1, -0.05) is 18.2 Å². The lowest BCUT2D eigenvalue weighted by atomic mass is 10.0. The number of aromatic nitrogens is 1. The fraction of sp³-hybridized carbons (Fsp3) is 0.346. The van der Waals surface area contributed by atoms with Gasteiger partial charge in [-0.2, -0.15) is 5.26 Å². The first-order valence-corrected chi connectivity index (χ1v) is 13.9. The van der Waals surface area contributed by atoms with Crippen molar-refractivity contribution in [3.05, 3.63) is 59.3 Å². The molecule has 1 N–H and O–H groups in total. The molecule has 0 saturated carbocycles. The van der Waals surface area contributed by atoms with E-state index in [0.717, 1.165) is 38.6 Å². The van der Waals surface area contributed by atoms with Gasteiger partial charge in [0.15, 0.2) is 0 Å². The highest BCUT2D eigenvalue weighted by atomic mass is 32.2. The van der Waals surface area contributed by atoms with Gasteiger partial charge in [-0.05, 0) is 68.5 Å². The zero-order valence-corrected chi connectivity index (χ0v) is 21.5. The van der Waals surface area contributed by atoms with E-state index < -0.39 is 10.0 Å². The van der Waals surface area contributed by atoms with Crippen LogP contribution in [0.1, 0.15) is 56.3 Å². The summed E-state index contributed by atoms with van der Waals surface area (Å²) in [6.07, 6.45) is 3.22. The number of ketones is 1. The third-order valence-corrected chi connectivity index (χ3v) is 8.26. The first-order valence-electron chi connectivity index (χ1n) is 11.5. The fourth-order valence-electron chi connectivity index (χ4n) is 4.20. The van der Waals surface area contributed by atoms with Crippen LogP contribution in [0.3, 0.4) is 0 Å². The van der Waals surface area contributed by atoms with Crippen LogP contribution in [0.2, 0.25) is 0 Å². The van der Waals surface area contributed by atoms with Crippen LogP contribution in [0.4, 0.5) is 0 Å². The maximum absolute atomic E-state index is 12.4. The molecule has 1 atom stereocenters. The lowest BCUT2D eigenvalue weighted by molar-refractivity contribution is -0.116. The Morgan fingerprint density at radius 3 is 2.83 bits per heavy atom. The molecule has 0 unspecified atom stereocenters. The Balaban J connectivity index is 1.59. The number of carbonyl (C=O) groups is 1.